The molecule has 5 saturated heterocycles. The number of thiophene rings is 3. The maximum atomic E-state index is 10.1. The SMILES string of the molecule is CN=P.COc1cc(-n2cnc(Nc3nc(Cl)nc4sc(CCl)cc34)c2)cc(OC)c1OC.COc1cc(-n2cnc(Nc3nc(Cl)nc4sc(CN5CCN(c6ccccn6)CC5)cc34)c2)cc(OC)c1OC.COc1cc(-n2cnc(Nc3nc(N4CCC[C@H]4CO)nc4sc(CN5CCN(c6ccccn6)CC5)cc34)c2)cc(OC)c1OC.OC[C@@H]1CCCN1.c1ccc(N2CCNCC2)nc1. The van der Waals surface area contributed by atoms with Gasteiger partial charge in [0.1, 0.15) is 85.8 Å². The number of halogens is 3. The minimum Gasteiger partial charge on any atom is -0.493 e. The van der Waals surface area contributed by atoms with Crippen molar-refractivity contribution in [2.24, 2.45) is 4.74 Å². The summed E-state index contributed by atoms with van der Waals surface area (Å²) in [5.74, 6) is 12.7. The number of aliphatic hydroxyl groups is 2. The Bertz CT molecular complexity index is 6450. The van der Waals surface area contributed by atoms with Crippen LogP contribution in [0.15, 0.2) is 170 Å². The number of benzene rings is 3. The van der Waals surface area contributed by atoms with Crippen molar-refractivity contribution < 1.29 is 52.8 Å². The third-order valence-corrected chi connectivity index (χ3v) is 27.3. The van der Waals surface area contributed by atoms with E-state index in [1.54, 1.807) is 113 Å². The molecule has 5 aliphatic heterocycles. The van der Waals surface area contributed by atoms with E-state index in [0.717, 1.165) is 194 Å². The summed E-state index contributed by atoms with van der Waals surface area (Å²) < 4.78 is 58.1. The van der Waals surface area contributed by atoms with Gasteiger partial charge in [-0.25, -0.2) is 44.9 Å². The molecule has 7 N–H and O–H groups in total. The second-order valence-electron chi connectivity index (χ2n) is 32.2. The first-order chi connectivity index (χ1) is 68.5. The van der Waals surface area contributed by atoms with Gasteiger partial charge in [0.05, 0.1) is 141 Å². The third kappa shape index (κ3) is 25.6. The van der Waals surface area contributed by atoms with E-state index in [9.17, 15) is 5.11 Å². The van der Waals surface area contributed by atoms with E-state index in [-0.39, 0.29) is 23.2 Å². The first-order valence-corrected chi connectivity index (χ1v) is 49.4. The maximum absolute atomic E-state index is 10.1. The summed E-state index contributed by atoms with van der Waals surface area (Å²) in [6.07, 6.45) is 20.5. The number of fused-ring (bicyclic) bond motifs is 3. The summed E-state index contributed by atoms with van der Waals surface area (Å²) in [5.41, 5.74) is 2.39. The van der Waals surface area contributed by atoms with Crippen molar-refractivity contribution >= 4 is 167 Å². The third-order valence-electron chi connectivity index (χ3n) is 23.5. The van der Waals surface area contributed by atoms with E-state index >= 15 is 0 Å². The molecule has 3 aromatic carbocycles. The number of piperazine rings is 3. The van der Waals surface area contributed by atoms with Gasteiger partial charge >= 0.3 is 0 Å². The second-order valence-corrected chi connectivity index (χ2v) is 36.9. The number of nitrogens with one attached hydrogen (secondary N) is 5. The smallest absolute Gasteiger partial charge is 0.229 e. The molecular formula is C95H113Cl3N27O11PS3. The molecule has 0 radical (unpaired) electrons. The van der Waals surface area contributed by atoms with Crippen molar-refractivity contribution in [2.75, 3.05) is 211 Å². The minimum absolute atomic E-state index is 0.00868. The molecule has 38 nitrogen and oxygen atoms in total. The van der Waals surface area contributed by atoms with Gasteiger partial charge in [0, 0.05) is 181 Å². The lowest BCUT2D eigenvalue weighted by Gasteiger charge is -2.35. The fourth-order valence-corrected chi connectivity index (χ4v) is 20.2. The first kappa shape index (κ1) is 102. The van der Waals surface area contributed by atoms with E-state index in [0.29, 0.717) is 111 Å². The van der Waals surface area contributed by atoms with Crippen LogP contribution >= 0.6 is 77.8 Å². The number of aromatic nitrogens is 15. The van der Waals surface area contributed by atoms with Gasteiger partial charge in [-0.05, 0) is 119 Å². The summed E-state index contributed by atoms with van der Waals surface area (Å²) in [7, 11) is 18.7. The van der Waals surface area contributed by atoms with Gasteiger partial charge < -0.3 is 113 Å². The molecule has 0 aliphatic carbocycles. The Balaban J connectivity index is 0.000000145. The molecule has 0 unspecified atom stereocenters. The van der Waals surface area contributed by atoms with E-state index in [4.69, 9.17) is 92.5 Å². The van der Waals surface area contributed by atoms with Crippen LogP contribution in [0.1, 0.15) is 40.3 Å². The molecule has 17 heterocycles. The van der Waals surface area contributed by atoms with Crippen LogP contribution in [0.5, 0.6) is 51.7 Å². The zero-order chi connectivity index (χ0) is 98.0. The highest BCUT2D eigenvalue weighted by Gasteiger charge is 2.30. The Morgan fingerprint density at radius 1 is 0.429 bits per heavy atom. The van der Waals surface area contributed by atoms with Gasteiger partial charge in [-0.1, -0.05) is 18.2 Å². The van der Waals surface area contributed by atoms with Crippen LogP contribution in [-0.4, -0.2) is 281 Å². The summed E-state index contributed by atoms with van der Waals surface area (Å²) in [5, 5.41) is 38.0. The van der Waals surface area contributed by atoms with Crippen LogP contribution in [-0.2, 0) is 19.0 Å². The average Bonchev–Trinajstić information content (AvgIpc) is 1.63. The van der Waals surface area contributed by atoms with E-state index in [2.05, 4.69) is 150 Å². The van der Waals surface area contributed by atoms with Gasteiger partial charge in [0.15, 0.2) is 34.5 Å². The van der Waals surface area contributed by atoms with Crippen LogP contribution in [0.2, 0.25) is 10.6 Å². The summed E-state index contributed by atoms with van der Waals surface area (Å²) >= 11 is 23.2. The number of methoxy groups -OCH3 is 9. The molecule has 5 fully saturated rings. The summed E-state index contributed by atoms with van der Waals surface area (Å²) in [4.78, 5) is 74.4. The lowest BCUT2D eigenvalue weighted by Crippen LogP contribution is -2.46. The van der Waals surface area contributed by atoms with Gasteiger partial charge in [0.2, 0.25) is 33.8 Å². The standard InChI is InChI=1S/C33H39N9O4S.C28H29ClN8O3S.C19H17Cl2N5O3S.C9H13N3.C5H11NO.CH4NP/c1-44-26-15-23(16-27(45-2)30(26)46-3)41-19-28(35-21-41)36-31-25-17-24(18-39-11-13-40(14-12-39)29-8-4-5-9-34-29)47-32(25)38-33(37-31)42-10-6-7-22(42)20-43;1-38-21-12-18(13-22(39-2)25(21)40-3)37-16-23(31-17-37)32-26-20-14-19(41-27(20)34-28(29)33-26)15-35-8-10-36(11-9-35)24-6-4-5-7-30-24;1-27-13-4-10(5-14(28-2)16(13)29-3)26-8-15(22-9-26)23-17-12-6-11(7-20)30-18(12)25-19(21)24-17;1-2-4-11-9(3-1)12-7-5-10-6-8-12;7-4-5-2-1-3-6-5;1-2-3/h4-5,8-9,15-17,19,21-22,43H,6-7,10-14,18,20H2,1-3H3,(H,36,37,38);4-7,12-14,16-17H,8-11,15H2,1-3H3,(H,32,33,34);4-6,8-9H,7H2,1-3H3,(H,23,24,25);1-4,10H,5-8H2;5-7H,1-4H2;3H,1H3/t22-;;;;5-;/m0...0./s1. The summed E-state index contributed by atoms with van der Waals surface area (Å²) in [6, 6.07) is 36.0. The van der Waals surface area contributed by atoms with Gasteiger partial charge in [-0.2, -0.15) is 15.0 Å². The highest BCUT2D eigenvalue weighted by Crippen LogP contribution is 2.45. The number of hydrogen-bond donors (Lipinski definition) is 7. The normalized spacial score (nSPS) is 15.3. The quantitative estimate of drug-likeness (QED) is 0.0130. The van der Waals surface area contributed by atoms with Crippen molar-refractivity contribution in [1.29, 1.82) is 0 Å². The molecule has 12 aromatic heterocycles. The lowest BCUT2D eigenvalue weighted by molar-refractivity contribution is 0.251. The monoisotopic (exact) mass is 2040 g/mol. The van der Waals surface area contributed by atoms with Gasteiger partial charge in [0.25, 0.3) is 0 Å². The molecule has 140 heavy (non-hydrogen) atoms. The maximum Gasteiger partial charge on any atom is 0.229 e. The Hall–Kier alpha value is -12.6. The predicted octanol–water partition coefficient (Wildman–Crippen LogP) is 15.5. The molecule has 45 heteroatoms. The van der Waals surface area contributed by atoms with Crippen molar-refractivity contribution in [3.8, 4) is 68.8 Å². The van der Waals surface area contributed by atoms with Crippen LogP contribution in [0.4, 0.5) is 58.3 Å². The number of hydrogen-bond acceptors (Lipinski definition) is 38. The van der Waals surface area contributed by atoms with Gasteiger partial charge in [-0.15, -0.1) is 45.6 Å². The zero-order valence-electron chi connectivity index (χ0n) is 79.3. The van der Waals surface area contributed by atoms with Crippen LogP contribution in [0.25, 0.3) is 47.7 Å². The number of anilines is 10. The number of nitrogens with zero attached hydrogens (tertiary/aromatic N) is 22. The number of alkyl halides is 1. The predicted molar refractivity (Wildman–Crippen MR) is 556 cm³/mol. The summed E-state index contributed by atoms with van der Waals surface area (Å²) in [6.45, 7) is 15.8. The van der Waals surface area contributed by atoms with E-state index in [1.165, 1.54) is 27.5 Å². The number of imidazole rings is 3. The molecular weight excluding hydrogens is 1930 g/mol. The molecule has 2 atom stereocenters. The molecule has 0 saturated carbocycles. The molecule has 738 valence electrons. The van der Waals surface area contributed by atoms with E-state index in [1.807, 2.05) is 130 Å². The Morgan fingerprint density at radius 2 is 0.800 bits per heavy atom. The Morgan fingerprint density at radius 3 is 1.14 bits per heavy atom. The Kier molecular flexibility index (Phi) is 36.3. The van der Waals surface area contributed by atoms with Crippen LogP contribution in [0.3, 0.4) is 0 Å². The van der Waals surface area contributed by atoms with Crippen molar-refractivity contribution in [3.05, 3.63) is 191 Å². The minimum atomic E-state index is 0.00868. The molecule has 20 rings (SSSR count). The molecule has 0 amide bonds. The van der Waals surface area contributed by atoms with Crippen LogP contribution in [0, 0.1) is 0 Å². The fraction of sp³-hybridized carbons (Fsp3) is 0.368. The number of rotatable bonds is 29. The highest BCUT2D eigenvalue weighted by atomic mass is 35.5. The van der Waals surface area contributed by atoms with Crippen molar-refractivity contribution in [1.82, 2.24) is 93.9 Å². The van der Waals surface area contributed by atoms with E-state index < -0.39 is 0 Å². The highest BCUT2D eigenvalue weighted by molar-refractivity contribution is 7.19. The van der Waals surface area contributed by atoms with Crippen molar-refractivity contribution in [3.63, 3.8) is 0 Å². The lowest BCUT2D eigenvalue weighted by atomic mass is 10.2. The largest absolute Gasteiger partial charge is 0.493 e. The number of pyridine rings is 3. The fourth-order valence-electron chi connectivity index (χ4n) is 16.5. The molecule has 0 bridgehead atoms. The van der Waals surface area contributed by atoms with Crippen molar-refractivity contribution in [2.45, 2.75) is 56.7 Å². The first-order valence-electron chi connectivity index (χ1n) is 45.2. The van der Waals surface area contributed by atoms with Crippen LogP contribution < -0.4 is 88.8 Å². The second kappa shape index (κ2) is 50.0. The number of ether oxygens (including phenoxy) is 9. The topological polar surface area (TPSA) is 385 Å². The molecule has 15 aromatic rings. The molecule has 0 spiro atoms. The van der Waals surface area contributed by atoms with Gasteiger partial charge in [-0.3, -0.25) is 14.5 Å². The zero-order valence-corrected chi connectivity index (χ0v) is 85.0. The Labute approximate surface area is 840 Å². The number of aliphatic hydroxyl groups excluding tert-OH is 2. The molecule has 5 aliphatic rings. The average molecular weight is 2040 g/mol.